The van der Waals surface area contributed by atoms with Crippen LogP contribution in [-0.2, 0) is 14.8 Å². The summed E-state index contributed by atoms with van der Waals surface area (Å²) < 4.78 is 27.4. The van der Waals surface area contributed by atoms with E-state index in [9.17, 15) is 13.2 Å². The van der Waals surface area contributed by atoms with E-state index in [-0.39, 0.29) is 10.8 Å². The van der Waals surface area contributed by atoms with Crippen LogP contribution in [-0.4, -0.2) is 55.2 Å². The highest BCUT2D eigenvalue weighted by molar-refractivity contribution is 9.10. The average molecular weight is 388 g/mol. The molecule has 1 heterocycles. The molecule has 0 spiro atoms. The van der Waals surface area contributed by atoms with Crippen LogP contribution in [0.3, 0.4) is 0 Å². The lowest BCUT2D eigenvalue weighted by molar-refractivity contribution is -0.134. The minimum Gasteiger partial charge on any atom is -0.338 e. The molecule has 0 bridgehead atoms. The maximum Gasteiger partial charge on any atom is 0.243 e. The summed E-state index contributed by atoms with van der Waals surface area (Å²) in [7, 11) is -3.50. The molecule has 1 saturated carbocycles. The van der Waals surface area contributed by atoms with Gasteiger partial charge >= 0.3 is 0 Å². The summed E-state index contributed by atoms with van der Waals surface area (Å²) in [5.74, 6) is -0.0480. The molecule has 6 nitrogen and oxygen atoms in total. The lowest BCUT2D eigenvalue weighted by Gasteiger charge is -2.35. The van der Waals surface area contributed by atoms with E-state index in [1.807, 2.05) is 0 Å². The number of rotatable bonds is 3. The largest absolute Gasteiger partial charge is 0.338 e. The Morgan fingerprint density at radius 3 is 2.14 bits per heavy atom. The van der Waals surface area contributed by atoms with Gasteiger partial charge in [-0.25, -0.2) is 8.42 Å². The highest BCUT2D eigenvalue weighted by atomic mass is 79.9. The molecular formula is C14H18BrN3O3S. The third-order valence-electron chi connectivity index (χ3n) is 4.19. The molecule has 0 unspecified atom stereocenters. The number of halogens is 1. The highest BCUT2D eigenvalue weighted by Crippen LogP contribution is 2.34. The van der Waals surface area contributed by atoms with Crippen molar-refractivity contribution >= 4 is 31.9 Å². The Balaban J connectivity index is 1.68. The molecule has 0 aromatic heterocycles. The number of nitrogens with two attached hydrogens (primary N) is 1. The third kappa shape index (κ3) is 2.92. The summed E-state index contributed by atoms with van der Waals surface area (Å²) in [6, 6.07) is 6.57. The van der Waals surface area contributed by atoms with Crippen molar-refractivity contribution in [2.24, 2.45) is 5.73 Å². The van der Waals surface area contributed by atoms with Gasteiger partial charge in [-0.1, -0.05) is 15.9 Å². The van der Waals surface area contributed by atoms with Crippen LogP contribution in [0, 0.1) is 0 Å². The number of nitrogens with zero attached hydrogens (tertiary/aromatic N) is 2. The van der Waals surface area contributed by atoms with Gasteiger partial charge in [0.2, 0.25) is 15.9 Å². The van der Waals surface area contributed by atoms with Crippen molar-refractivity contribution in [2.45, 2.75) is 23.3 Å². The van der Waals surface area contributed by atoms with Gasteiger partial charge < -0.3 is 10.6 Å². The third-order valence-corrected chi connectivity index (χ3v) is 6.63. The minimum absolute atomic E-state index is 0.0480. The Kier molecular flexibility index (Phi) is 4.05. The number of hydrogen-bond donors (Lipinski definition) is 1. The molecule has 1 aliphatic heterocycles. The number of carbonyl (C=O) groups is 1. The molecular weight excluding hydrogens is 370 g/mol. The number of amides is 1. The molecule has 0 radical (unpaired) electrons. The molecule has 2 aliphatic rings. The van der Waals surface area contributed by atoms with Gasteiger partial charge in [-0.2, -0.15) is 4.31 Å². The molecule has 2 N–H and O–H groups in total. The highest BCUT2D eigenvalue weighted by Gasteiger charge is 2.48. The first kappa shape index (κ1) is 15.9. The standard InChI is InChI=1S/C14H18BrN3O3S/c15-11-1-3-12(4-2-11)22(20,21)18-9-7-17(8-10-18)13(19)14(16)5-6-14/h1-4H,5-10,16H2. The van der Waals surface area contributed by atoms with Gasteiger partial charge in [0, 0.05) is 30.7 Å². The van der Waals surface area contributed by atoms with E-state index in [1.54, 1.807) is 29.2 Å². The summed E-state index contributed by atoms with van der Waals surface area (Å²) in [6.07, 6.45) is 1.45. The normalized spacial score (nSPS) is 21.6. The number of carbonyl (C=O) groups excluding carboxylic acids is 1. The molecule has 2 fully saturated rings. The number of hydrogen-bond acceptors (Lipinski definition) is 4. The van der Waals surface area contributed by atoms with Gasteiger partial charge in [-0.05, 0) is 37.1 Å². The maximum atomic E-state index is 12.6. The monoisotopic (exact) mass is 387 g/mol. The molecule has 8 heteroatoms. The first-order chi connectivity index (χ1) is 10.3. The number of benzene rings is 1. The van der Waals surface area contributed by atoms with Crippen LogP contribution < -0.4 is 5.73 Å². The fourth-order valence-electron chi connectivity index (χ4n) is 2.55. The van der Waals surface area contributed by atoms with E-state index in [0.29, 0.717) is 26.2 Å². The minimum atomic E-state index is -3.50. The van der Waals surface area contributed by atoms with Gasteiger partial charge in [0.15, 0.2) is 0 Å². The SMILES string of the molecule is NC1(C(=O)N2CCN(S(=O)(=O)c3ccc(Br)cc3)CC2)CC1. The fraction of sp³-hybridized carbons (Fsp3) is 0.500. The van der Waals surface area contributed by atoms with Crippen LogP contribution in [0.4, 0.5) is 0 Å². The van der Waals surface area contributed by atoms with Crippen molar-refractivity contribution in [3.8, 4) is 0 Å². The lowest BCUT2D eigenvalue weighted by atomic mass is 10.2. The maximum absolute atomic E-state index is 12.6. The van der Waals surface area contributed by atoms with Gasteiger partial charge in [0.05, 0.1) is 10.4 Å². The van der Waals surface area contributed by atoms with E-state index < -0.39 is 15.6 Å². The predicted molar refractivity (Wildman–Crippen MR) is 85.6 cm³/mol. The van der Waals surface area contributed by atoms with E-state index in [1.165, 1.54) is 4.31 Å². The summed E-state index contributed by atoms with van der Waals surface area (Å²) in [4.78, 5) is 14.1. The summed E-state index contributed by atoms with van der Waals surface area (Å²) in [5, 5.41) is 0. The van der Waals surface area contributed by atoms with Crippen LogP contribution in [0.1, 0.15) is 12.8 Å². The summed E-state index contributed by atoms with van der Waals surface area (Å²) >= 11 is 3.29. The lowest BCUT2D eigenvalue weighted by Crippen LogP contribution is -2.55. The van der Waals surface area contributed by atoms with Crippen LogP contribution in [0.2, 0.25) is 0 Å². The predicted octanol–water partition coefficient (Wildman–Crippen LogP) is 0.773. The number of sulfonamides is 1. The first-order valence-corrected chi connectivity index (χ1v) is 9.40. The van der Waals surface area contributed by atoms with Crippen molar-refractivity contribution in [3.63, 3.8) is 0 Å². The van der Waals surface area contributed by atoms with E-state index in [0.717, 1.165) is 17.3 Å². The van der Waals surface area contributed by atoms with Crippen molar-refractivity contribution in [2.75, 3.05) is 26.2 Å². The molecule has 1 aromatic carbocycles. The number of piperazine rings is 1. The average Bonchev–Trinajstić information content (AvgIpc) is 3.26. The fourth-order valence-corrected chi connectivity index (χ4v) is 4.24. The van der Waals surface area contributed by atoms with Gasteiger partial charge in [0.25, 0.3) is 0 Å². The zero-order chi connectivity index (χ0) is 16.0. The van der Waals surface area contributed by atoms with Gasteiger partial charge in [0.1, 0.15) is 0 Å². The van der Waals surface area contributed by atoms with E-state index in [4.69, 9.17) is 5.73 Å². The Bertz CT molecular complexity index is 678. The Hall–Kier alpha value is -0.960. The Morgan fingerprint density at radius 1 is 1.09 bits per heavy atom. The molecule has 3 rings (SSSR count). The van der Waals surface area contributed by atoms with E-state index >= 15 is 0 Å². The van der Waals surface area contributed by atoms with Crippen LogP contribution in [0.25, 0.3) is 0 Å². The molecule has 1 aliphatic carbocycles. The molecule has 120 valence electrons. The molecule has 1 saturated heterocycles. The topological polar surface area (TPSA) is 83.7 Å². The second-order valence-electron chi connectivity index (χ2n) is 5.81. The zero-order valence-electron chi connectivity index (χ0n) is 12.0. The van der Waals surface area contributed by atoms with Crippen LogP contribution in [0.15, 0.2) is 33.6 Å². The van der Waals surface area contributed by atoms with Crippen molar-refractivity contribution in [1.29, 1.82) is 0 Å². The first-order valence-electron chi connectivity index (χ1n) is 7.17. The van der Waals surface area contributed by atoms with Crippen LogP contribution in [0.5, 0.6) is 0 Å². The van der Waals surface area contributed by atoms with Crippen molar-refractivity contribution in [1.82, 2.24) is 9.21 Å². The van der Waals surface area contributed by atoms with Crippen molar-refractivity contribution in [3.05, 3.63) is 28.7 Å². The smallest absolute Gasteiger partial charge is 0.243 e. The Morgan fingerprint density at radius 2 is 1.64 bits per heavy atom. The second kappa shape index (κ2) is 5.59. The Labute approximate surface area is 138 Å². The van der Waals surface area contributed by atoms with E-state index in [2.05, 4.69) is 15.9 Å². The van der Waals surface area contributed by atoms with Gasteiger partial charge in [-0.3, -0.25) is 4.79 Å². The summed E-state index contributed by atoms with van der Waals surface area (Å²) in [5.41, 5.74) is 5.23. The quantitative estimate of drug-likeness (QED) is 0.829. The van der Waals surface area contributed by atoms with Gasteiger partial charge in [-0.15, -0.1) is 0 Å². The van der Waals surface area contributed by atoms with Crippen molar-refractivity contribution < 1.29 is 13.2 Å². The van der Waals surface area contributed by atoms with Crippen LogP contribution >= 0.6 is 15.9 Å². The second-order valence-corrected chi connectivity index (χ2v) is 8.66. The zero-order valence-corrected chi connectivity index (χ0v) is 14.4. The molecule has 1 amide bonds. The molecule has 0 atom stereocenters. The summed E-state index contributed by atoms with van der Waals surface area (Å²) in [6.45, 7) is 1.40. The molecule has 1 aromatic rings. The molecule has 22 heavy (non-hydrogen) atoms.